The predicted octanol–water partition coefficient (Wildman–Crippen LogP) is 0.705. The van der Waals surface area contributed by atoms with Crippen LogP contribution in [0, 0.1) is 0 Å². The number of piperazine rings is 1. The summed E-state index contributed by atoms with van der Waals surface area (Å²) < 4.78 is 5.39. The summed E-state index contributed by atoms with van der Waals surface area (Å²) in [5, 5.41) is 2.69. The minimum atomic E-state index is -0.437. The lowest BCUT2D eigenvalue weighted by atomic mass is 10.1. The zero-order valence-corrected chi connectivity index (χ0v) is 11.1. The number of carbonyl (C=O) groups excluding carboxylic acids is 2. The normalized spacial score (nSPS) is 24.0. The molecule has 102 valence electrons. The second kappa shape index (κ2) is 7.16. The van der Waals surface area contributed by atoms with E-state index < -0.39 is 6.04 Å². The maximum absolute atomic E-state index is 12.0. The molecule has 1 heterocycles. The minimum Gasteiger partial charge on any atom is -0.379 e. The highest BCUT2D eigenvalue weighted by Crippen LogP contribution is 2.12. The van der Waals surface area contributed by atoms with Crippen LogP contribution in [0.15, 0.2) is 12.7 Å². The first-order valence-corrected chi connectivity index (χ1v) is 6.41. The van der Waals surface area contributed by atoms with Crippen molar-refractivity contribution in [2.24, 2.45) is 0 Å². The van der Waals surface area contributed by atoms with Crippen molar-refractivity contribution in [1.29, 1.82) is 0 Å². The van der Waals surface area contributed by atoms with Gasteiger partial charge in [0.05, 0.1) is 13.2 Å². The fourth-order valence-electron chi connectivity index (χ4n) is 2.02. The third-order valence-corrected chi connectivity index (χ3v) is 3.02. The van der Waals surface area contributed by atoms with E-state index in [1.54, 1.807) is 17.9 Å². The van der Waals surface area contributed by atoms with Crippen LogP contribution in [0.2, 0.25) is 0 Å². The molecule has 0 aromatic heterocycles. The summed E-state index contributed by atoms with van der Waals surface area (Å²) in [6, 6.07) is -0.801. The lowest BCUT2D eigenvalue weighted by molar-refractivity contribution is -0.149. The van der Waals surface area contributed by atoms with Crippen LogP contribution in [0.25, 0.3) is 0 Å². The molecule has 0 aliphatic carbocycles. The van der Waals surface area contributed by atoms with Gasteiger partial charge in [-0.05, 0) is 19.8 Å². The van der Waals surface area contributed by atoms with Gasteiger partial charge >= 0.3 is 0 Å². The molecular weight excluding hydrogens is 232 g/mol. The molecule has 0 spiro atoms. The van der Waals surface area contributed by atoms with Crippen LogP contribution < -0.4 is 5.32 Å². The van der Waals surface area contributed by atoms with Crippen LogP contribution in [0.5, 0.6) is 0 Å². The predicted molar refractivity (Wildman–Crippen MR) is 69.0 cm³/mol. The van der Waals surface area contributed by atoms with Crippen LogP contribution in [-0.4, -0.2) is 48.6 Å². The Balaban J connectivity index is 2.49. The standard InChI is InChI=1S/C13H22N2O3/c1-4-6-8-18-9-7-15-11(5-2)12(16)14-10(3)13(15)17/h4,10-11H,1,5-9H2,2-3H3,(H,14,16). The summed E-state index contributed by atoms with van der Waals surface area (Å²) in [6.45, 7) is 8.74. The second-order valence-electron chi connectivity index (χ2n) is 4.38. The SMILES string of the molecule is C=CCCOCCN1C(=O)C(C)NC(=O)C1CC. The van der Waals surface area contributed by atoms with Crippen LogP contribution in [0.4, 0.5) is 0 Å². The van der Waals surface area contributed by atoms with Gasteiger partial charge in [0, 0.05) is 6.54 Å². The number of rotatable bonds is 7. The fraction of sp³-hybridized carbons (Fsp3) is 0.692. The maximum Gasteiger partial charge on any atom is 0.245 e. The molecule has 0 aromatic carbocycles. The molecule has 1 aliphatic rings. The molecule has 1 N–H and O–H groups in total. The topological polar surface area (TPSA) is 58.6 Å². The van der Waals surface area contributed by atoms with E-state index in [9.17, 15) is 9.59 Å². The number of hydrogen-bond donors (Lipinski definition) is 1. The van der Waals surface area contributed by atoms with E-state index in [0.717, 1.165) is 6.42 Å². The van der Waals surface area contributed by atoms with Crippen molar-refractivity contribution in [2.75, 3.05) is 19.8 Å². The Bertz CT molecular complexity index is 317. The molecule has 0 bridgehead atoms. The van der Waals surface area contributed by atoms with Crippen molar-refractivity contribution in [3.63, 3.8) is 0 Å². The van der Waals surface area contributed by atoms with Crippen LogP contribution in [0.3, 0.4) is 0 Å². The lowest BCUT2D eigenvalue weighted by Gasteiger charge is -2.37. The summed E-state index contributed by atoms with van der Waals surface area (Å²) in [7, 11) is 0. The second-order valence-corrected chi connectivity index (χ2v) is 4.38. The first-order chi connectivity index (χ1) is 8.61. The smallest absolute Gasteiger partial charge is 0.245 e. The van der Waals surface area contributed by atoms with E-state index in [0.29, 0.717) is 26.2 Å². The van der Waals surface area contributed by atoms with Gasteiger partial charge in [0.1, 0.15) is 12.1 Å². The van der Waals surface area contributed by atoms with Crippen molar-refractivity contribution in [1.82, 2.24) is 10.2 Å². The lowest BCUT2D eigenvalue weighted by Crippen LogP contribution is -2.62. The summed E-state index contributed by atoms with van der Waals surface area (Å²) in [5.74, 6) is -0.107. The summed E-state index contributed by atoms with van der Waals surface area (Å²) in [4.78, 5) is 25.4. The van der Waals surface area contributed by atoms with E-state index in [4.69, 9.17) is 4.74 Å². The van der Waals surface area contributed by atoms with Gasteiger partial charge in [-0.1, -0.05) is 13.0 Å². The molecule has 5 heteroatoms. The van der Waals surface area contributed by atoms with Crippen molar-refractivity contribution < 1.29 is 14.3 Å². The van der Waals surface area contributed by atoms with Gasteiger partial charge in [0.2, 0.25) is 11.8 Å². The number of carbonyl (C=O) groups is 2. The van der Waals surface area contributed by atoms with Crippen molar-refractivity contribution in [3.8, 4) is 0 Å². The Morgan fingerprint density at radius 3 is 2.78 bits per heavy atom. The van der Waals surface area contributed by atoms with Crippen molar-refractivity contribution in [3.05, 3.63) is 12.7 Å². The Morgan fingerprint density at radius 2 is 2.17 bits per heavy atom. The highest BCUT2D eigenvalue weighted by Gasteiger charge is 2.36. The highest BCUT2D eigenvalue weighted by atomic mass is 16.5. The molecule has 1 fully saturated rings. The molecule has 1 rings (SSSR count). The third kappa shape index (κ3) is 3.57. The number of hydrogen-bond acceptors (Lipinski definition) is 3. The fourth-order valence-corrected chi connectivity index (χ4v) is 2.02. The maximum atomic E-state index is 12.0. The Hall–Kier alpha value is -1.36. The van der Waals surface area contributed by atoms with E-state index >= 15 is 0 Å². The van der Waals surface area contributed by atoms with Gasteiger partial charge in [-0.25, -0.2) is 0 Å². The molecule has 0 radical (unpaired) electrons. The molecule has 2 atom stereocenters. The third-order valence-electron chi connectivity index (χ3n) is 3.02. The summed E-state index contributed by atoms with van der Waals surface area (Å²) >= 11 is 0. The molecule has 1 saturated heterocycles. The van der Waals surface area contributed by atoms with Gasteiger partial charge in [0.15, 0.2) is 0 Å². The van der Waals surface area contributed by atoms with Crippen LogP contribution in [-0.2, 0) is 14.3 Å². The van der Waals surface area contributed by atoms with Gasteiger partial charge in [-0.3, -0.25) is 9.59 Å². The van der Waals surface area contributed by atoms with E-state index in [-0.39, 0.29) is 17.9 Å². The summed E-state index contributed by atoms with van der Waals surface area (Å²) in [5.41, 5.74) is 0. The average Bonchev–Trinajstić information content (AvgIpc) is 2.35. The highest BCUT2D eigenvalue weighted by molar-refractivity contribution is 5.96. The first-order valence-electron chi connectivity index (χ1n) is 6.41. The van der Waals surface area contributed by atoms with Gasteiger partial charge < -0.3 is 15.0 Å². The molecule has 2 amide bonds. The molecule has 0 saturated carbocycles. The number of amides is 2. The molecule has 5 nitrogen and oxygen atoms in total. The van der Waals surface area contributed by atoms with E-state index in [1.165, 1.54) is 0 Å². The molecule has 18 heavy (non-hydrogen) atoms. The van der Waals surface area contributed by atoms with E-state index in [1.807, 2.05) is 6.92 Å². The Kier molecular flexibility index (Phi) is 5.85. The summed E-state index contributed by atoms with van der Waals surface area (Å²) in [6.07, 6.45) is 3.20. The van der Waals surface area contributed by atoms with Crippen LogP contribution >= 0.6 is 0 Å². The minimum absolute atomic E-state index is 0.0335. The zero-order chi connectivity index (χ0) is 13.5. The largest absolute Gasteiger partial charge is 0.379 e. The van der Waals surface area contributed by atoms with E-state index in [2.05, 4.69) is 11.9 Å². The first kappa shape index (κ1) is 14.7. The Morgan fingerprint density at radius 1 is 1.44 bits per heavy atom. The number of ether oxygens (including phenoxy) is 1. The van der Waals surface area contributed by atoms with Crippen molar-refractivity contribution >= 4 is 11.8 Å². The van der Waals surface area contributed by atoms with Gasteiger partial charge in [-0.2, -0.15) is 0 Å². The quantitative estimate of drug-likeness (QED) is 0.537. The van der Waals surface area contributed by atoms with Gasteiger partial charge in [-0.15, -0.1) is 6.58 Å². The monoisotopic (exact) mass is 254 g/mol. The van der Waals surface area contributed by atoms with Crippen molar-refractivity contribution in [2.45, 2.75) is 38.8 Å². The molecule has 0 aromatic rings. The molecular formula is C13H22N2O3. The average molecular weight is 254 g/mol. The molecule has 2 unspecified atom stereocenters. The Labute approximate surface area is 108 Å². The zero-order valence-electron chi connectivity index (χ0n) is 11.1. The van der Waals surface area contributed by atoms with Gasteiger partial charge in [0.25, 0.3) is 0 Å². The van der Waals surface area contributed by atoms with Crippen LogP contribution in [0.1, 0.15) is 26.7 Å². The number of nitrogens with zero attached hydrogens (tertiary/aromatic N) is 1. The molecule has 1 aliphatic heterocycles. The number of nitrogens with one attached hydrogen (secondary N) is 1.